The van der Waals surface area contributed by atoms with Gasteiger partial charge in [0.1, 0.15) is 0 Å². The largest absolute Gasteiger partial charge is 0.351 e. The third-order valence-corrected chi connectivity index (χ3v) is 5.95. The van der Waals surface area contributed by atoms with E-state index in [1.165, 1.54) is 11.6 Å². The normalized spacial score (nSPS) is 15.6. The molecule has 0 bridgehead atoms. The SMILES string of the molecule is Cc1cc(C)c(S(N)(=O)=O)cc1C(=O)NCC1(c2ccccc2)CC1. The average Bonchev–Trinajstić information content (AvgIpc) is 3.33. The molecule has 6 heteroatoms. The summed E-state index contributed by atoms with van der Waals surface area (Å²) in [5.41, 5.74) is 2.84. The van der Waals surface area contributed by atoms with E-state index in [4.69, 9.17) is 5.14 Å². The molecule has 132 valence electrons. The van der Waals surface area contributed by atoms with Crippen LogP contribution in [0.2, 0.25) is 0 Å². The van der Waals surface area contributed by atoms with Crippen LogP contribution in [-0.2, 0) is 15.4 Å². The summed E-state index contributed by atoms with van der Waals surface area (Å²) in [5, 5.41) is 8.21. The number of amides is 1. The zero-order valence-electron chi connectivity index (χ0n) is 14.4. The second-order valence-corrected chi connectivity index (χ2v) is 8.34. The Morgan fingerprint density at radius 3 is 2.32 bits per heavy atom. The Morgan fingerprint density at radius 2 is 1.76 bits per heavy atom. The number of rotatable bonds is 5. The Balaban J connectivity index is 1.81. The van der Waals surface area contributed by atoms with Crippen molar-refractivity contribution in [3.05, 3.63) is 64.7 Å². The number of nitrogens with one attached hydrogen (secondary N) is 1. The fraction of sp³-hybridized carbons (Fsp3) is 0.316. The number of sulfonamides is 1. The summed E-state index contributed by atoms with van der Waals surface area (Å²) >= 11 is 0. The van der Waals surface area contributed by atoms with Crippen molar-refractivity contribution in [3.63, 3.8) is 0 Å². The molecule has 25 heavy (non-hydrogen) atoms. The molecule has 0 unspecified atom stereocenters. The van der Waals surface area contributed by atoms with Crippen molar-refractivity contribution in [1.82, 2.24) is 5.32 Å². The molecule has 1 aliphatic rings. The van der Waals surface area contributed by atoms with E-state index in [1.54, 1.807) is 19.9 Å². The van der Waals surface area contributed by atoms with Crippen molar-refractivity contribution >= 4 is 15.9 Å². The minimum absolute atomic E-state index is 0.00169. The highest BCUT2D eigenvalue weighted by atomic mass is 32.2. The lowest BCUT2D eigenvalue weighted by Gasteiger charge is -2.17. The Hall–Kier alpha value is -2.18. The number of carbonyl (C=O) groups is 1. The third-order valence-electron chi connectivity index (χ3n) is 4.90. The highest BCUT2D eigenvalue weighted by molar-refractivity contribution is 7.89. The predicted octanol–water partition coefficient (Wildman–Crippen LogP) is 2.41. The Kier molecular flexibility index (Phi) is 4.43. The van der Waals surface area contributed by atoms with Crippen LogP contribution in [-0.4, -0.2) is 20.9 Å². The second kappa shape index (κ2) is 6.28. The molecule has 0 saturated heterocycles. The van der Waals surface area contributed by atoms with Gasteiger partial charge in [0.25, 0.3) is 5.91 Å². The van der Waals surface area contributed by atoms with E-state index >= 15 is 0 Å². The van der Waals surface area contributed by atoms with Gasteiger partial charge in [-0.05, 0) is 49.4 Å². The molecule has 0 atom stereocenters. The summed E-state index contributed by atoms with van der Waals surface area (Å²) in [6.45, 7) is 4.00. The lowest BCUT2D eigenvalue weighted by atomic mass is 9.95. The zero-order valence-corrected chi connectivity index (χ0v) is 15.2. The Labute approximate surface area is 148 Å². The second-order valence-electron chi connectivity index (χ2n) is 6.81. The van der Waals surface area contributed by atoms with E-state index in [2.05, 4.69) is 17.4 Å². The number of hydrogen-bond acceptors (Lipinski definition) is 3. The quantitative estimate of drug-likeness (QED) is 0.860. The zero-order chi connectivity index (χ0) is 18.2. The summed E-state index contributed by atoms with van der Waals surface area (Å²) in [5.74, 6) is -0.274. The number of nitrogens with two attached hydrogens (primary N) is 1. The van der Waals surface area contributed by atoms with Crippen molar-refractivity contribution in [3.8, 4) is 0 Å². The van der Waals surface area contributed by atoms with E-state index in [0.717, 1.165) is 18.4 Å². The van der Waals surface area contributed by atoms with Gasteiger partial charge >= 0.3 is 0 Å². The van der Waals surface area contributed by atoms with Crippen molar-refractivity contribution in [2.75, 3.05) is 6.54 Å². The first-order valence-electron chi connectivity index (χ1n) is 8.21. The standard InChI is InChI=1S/C19H22N2O3S/c1-13-10-14(2)17(25(20,23)24)11-16(13)18(22)21-12-19(8-9-19)15-6-4-3-5-7-15/h3-7,10-11H,8-9,12H2,1-2H3,(H,21,22)(H2,20,23,24). The maximum atomic E-state index is 12.6. The molecule has 0 aliphatic heterocycles. The molecule has 1 fully saturated rings. The smallest absolute Gasteiger partial charge is 0.251 e. The lowest BCUT2D eigenvalue weighted by molar-refractivity contribution is 0.0949. The summed E-state index contributed by atoms with van der Waals surface area (Å²) in [4.78, 5) is 12.6. The van der Waals surface area contributed by atoms with Crippen LogP contribution < -0.4 is 10.5 Å². The van der Waals surface area contributed by atoms with Crippen LogP contribution in [0.4, 0.5) is 0 Å². The molecule has 1 saturated carbocycles. The molecule has 0 radical (unpaired) electrons. The maximum Gasteiger partial charge on any atom is 0.251 e. The molecule has 0 aromatic heterocycles. The summed E-state index contributed by atoms with van der Waals surface area (Å²) in [6.07, 6.45) is 2.07. The first kappa shape index (κ1) is 17.6. The molecule has 1 aliphatic carbocycles. The highest BCUT2D eigenvalue weighted by Gasteiger charge is 2.44. The third kappa shape index (κ3) is 3.60. The van der Waals surface area contributed by atoms with Gasteiger partial charge in [-0.25, -0.2) is 13.6 Å². The molecule has 0 spiro atoms. The van der Waals surface area contributed by atoms with Crippen molar-refractivity contribution < 1.29 is 13.2 Å². The van der Waals surface area contributed by atoms with E-state index in [0.29, 0.717) is 17.7 Å². The molecule has 0 heterocycles. The van der Waals surface area contributed by atoms with Gasteiger partial charge in [0.05, 0.1) is 4.90 Å². The fourth-order valence-corrected chi connectivity index (χ4v) is 4.03. The fourth-order valence-electron chi connectivity index (χ4n) is 3.24. The van der Waals surface area contributed by atoms with Gasteiger partial charge in [-0.2, -0.15) is 0 Å². The van der Waals surface area contributed by atoms with Gasteiger partial charge < -0.3 is 5.32 Å². The summed E-state index contributed by atoms with van der Waals surface area (Å²) < 4.78 is 23.4. The number of benzene rings is 2. The molecule has 3 N–H and O–H groups in total. The molecule has 3 rings (SSSR count). The van der Waals surface area contributed by atoms with E-state index in [1.807, 2.05) is 18.2 Å². The average molecular weight is 358 g/mol. The summed E-state index contributed by atoms with van der Waals surface area (Å²) in [7, 11) is -3.86. The van der Waals surface area contributed by atoms with Crippen molar-refractivity contribution in [2.45, 2.75) is 37.0 Å². The van der Waals surface area contributed by atoms with Crippen LogP contribution >= 0.6 is 0 Å². The first-order valence-corrected chi connectivity index (χ1v) is 9.75. The Bertz CT molecular complexity index is 917. The minimum atomic E-state index is -3.86. The minimum Gasteiger partial charge on any atom is -0.351 e. The molecule has 5 nitrogen and oxygen atoms in total. The van der Waals surface area contributed by atoms with Gasteiger partial charge in [0, 0.05) is 17.5 Å². The van der Waals surface area contributed by atoms with Crippen molar-refractivity contribution in [1.29, 1.82) is 0 Å². The van der Waals surface area contributed by atoms with E-state index in [-0.39, 0.29) is 16.2 Å². The predicted molar refractivity (Wildman–Crippen MR) is 97.0 cm³/mol. The van der Waals surface area contributed by atoms with Crippen LogP contribution in [0.3, 0.4) is 0 Å². The number of aryl methyl sites for hydroxylation is 2. The summed E-state index contributed by atoms with van der Waals surface area (Å²) in [6, 6.07) is 13.2. The first-order chi connectivity index (χ1) is 11.7. The van der Waals surface area contributed by atoms with Gasteiger partial charge in [0.15, 0.2) is 0 Å². The molecular formula is C19H22N2O3S. The number of carbonyl (C=O) groups excluding carboxylic acids is 1. The van der Waals surface area contributed by atoms with E-state index in [9.17, 15) is 13.2 Å². The van der Waals surface area contributed by atoms with Crippen LogP contribution in [0.1, 0.15) is 39.9 Å². The van der Waals surface area contributed by atoms with Crippen LogP contribution in [0.25, 0.3) is 0 Å². The number of hydrogen-bond donors (Lipinski definition) is 2. The van der Waals surface area contributed by atoms with Gasteiger partial charge in [0.2, 0.25) is 10.0 Å². The van der Waals surface area contributed by atoms with E-state index < -0.39 is 10.0 Å². The van der Waals surface area contributed by atoms with Crippen LogP contribution in [0, 0.1) is 13.8 Å². The molecule has 2 aromatic rings. The monoisotopic (exact) mass is 358 g/mol. The van der Waals surface area contributed by atoms with Gasteiger partial charge in [-0.1, -0.05) is 36.4 Å². The maximum absolute atomic E-state index is 12.6. The lowest BCUT2D eigenvalue weighted by Crippen LogP contribution is -2.33. The topological polar surface area (TPSA) is 89.3 Å². The van der Waals surface area contributed by atoms with Crippen molar-refractivity contribution in [2.24, 2.45) is 5.14 Å². The van der Waals surface area contributed by atoms with Gasteiger partial charge in [-0.15, -0.1) is 0 Å². The molecule has 1 amide bonds. The Morgan fingerprint density at radius 1 is 1.12 bits per heavy atom. The molecular weight excluding hydrogens is 336 g/mol. The van der Waals surface area contributed by atoms with Crippen LogP contribution in [0.15, 0.2) is 47.4 Å². The van der Waals surface area contributed by atoms with Crippen LogP contribution in [0.5, 0.6) is 0 Å². The number of primary sulfonamides is 1. The van der Waals surface area contributed by atoms with Gasteiger partial charge in [-0.3, -0.25) is 4.79 Å². The highest BCUT2D eigenvalue weighted by Crippen LogP contribution is 2.47. The molecule has 2 aromatic carbocycles.